The van der Waals surface area contributed by atoms with E-state index in [1.807, 2.05) is 12.3 Å². The Balaban J connectivity index is 2.22. The number of hydrogen-bond acceptors (Lipinski definition) is 1. The molecule has 0 aliphatic heterocycles. The average Bonchev–Trinajstić information content (AvgIpc) is 3.03. The van der Waals surface area contributed by atoms with Crippen LogP contribution in [0.25, 0.3) is 17.1 Å². The summed E-state index contributed by atoms with van der Waals surface area (Å²) in [4.78, 5) is 4.68. The Kier molecular flexibility index (Phi) is 5.98. The van der Waals surface area contributed by atoms with Crippen molar-refractivity contribution in [1.82, 2.24) is 9.55 Å². The second kappa shape index (κ2) is 8.22. The topological polar surface area (TPSA) is 17.8 Å². The van der Waals surface area contributed by atoms with Gasteiger partial charge in [-0.3, -0.25) is 4.57 Å². The highest BCUT2D eigenvalue weighted by atomic mass is 79.9. The van der Waals surface area contributed by atoms with Crippen LogP contribution >= 0.6 is 15.9 Å². The summed E-state index contributed by atoms with van der Waals surface area (Å²) in [6, 6.07) is 15.0. The summed E-state index contributed by atoms with van der Waals surface area (Å²) in [5, 5.41) is 0. The first-order chi connectivity index (χ1) is 12.5. The van der Waals surface area contributed by atoms with E-state index in [0.717, 1.165) is 28.7 Å². The van der Waals surface area contributed by atoms with Gasteiger partial charge in [0, 0.05) is 22.4 Å². The number of halogens is 1. The van der Waals surface area contributed by atoms with Crippen LogP contribution in [0.1, 0.15) is 38.8 Å². The van der Waals surface area contributed by atoms with Crippen LogP contribution in [0.2, 0.25) is 0 Å². The van der Waals surface area contributed by atoms with Crippen LogP contribution in [-0.2, 0) is 12.8 Å². The lowest BCUT2D eigenvalue weighted by atomic mass is 9.94. The van der Waals surface area contributed by atoms with Crippen molar-refractivity contribution >= 4 is 15.9 Å². The molecule has 1 heterocycles. The Morgan fingerprint density at radius 3 is 2.04 bits per heavy atom. The van der Waals surface area contributed by atoms with Crippen molar-refractivity contribution in [2.24, 2.45) is 11.8 Å². The molecule has 3 heteroatoms. The van der Waals surface area contributed by atoms with Gasteiger partial charge >= 0.3 is 0 Å². The Morgan fingerprint density at radius 2 is 1.50 bits per heavy atom. The van der Waals surface area contributed by atoms with Gasteiger partial charge in [0.05, 0.1) is 5.69 Å². The normalized spacial score (nSPS) is 11.5. The predicted molar refractivity (Wildman–Crippen MR) is 114 cm³/mol. The van der Waals surface area contributed by atoms with Crippen molar-refractivity contribution in [3.63, 3.8) is 0 Å². The van der Waals surface area contributed by atoms with E-state index in [4.69, 9.17) is 0 Å². The minimum Gasteiger partial charge on any atom is -0.299 e. The van der Waals surface area contributed by atoms with E-state index in [0.29, 0.717) is 11.8 Å². The Bertz CT molecular complexity index is 832. The van der Waals surface area contributed by atoms with Crippen LogP contribution in [0.3, 0.4) is 0 Å². The van der Waals surface area contributed by atoms with Gasteiger partial charge in [-0.15, -0.1) is 0 Å². The monoisotopic (exact) mass is 410 g/mol. The molecular formula is C23H27BrN2. The molecule has 0 radical (unpaired) electrons. The molecule has 0 fully saturated rings. The molecule has 26 heavy (non-hydrogen) atoms. The maximum atomic E-state index is 4.68. The van der Waals surface area contributed by atoms with E-state index in [2.05, 4.69) is 95.8 Å². The van der Waals surface area contributed by atoms with Gasteiger partial charge < -0.3 is 0 Å². The standard InChI is InChI=1S/C23H27BrN2/c1-16(2)12-19-14-21(24)15-20(13-17(3)4)22(19)26-11-10-25-23(26)18-8-6-5-7-9-18/h5-11,14-17H,12-13H2,1-4H3. The summed E-state index contributed by atoms with van der Waals surface area (Å²) in [5.74, 6) is 2.19. The highest BCUT2D eigenvalue weighted by molar-refractivity contribution is 9.10. The zero-order valence-electron chi connectivity index (χ0n) is 16.0. The van der Waals surface area contributed by atoms with Crippen molar-refractivity contribution in [2.75, 3.05) is 0 Å². The molecule has 1 aromatic heterocycles. The minimum atomic E-state index is 0.596. The first-order valence-electron chi connectivity index (χ1n) is 9.36. The summed E-state index contributed by atoms with van der Waals surface area (Å²) >= 11 is 3.73. The molecule has 3 aromatic rings. The number of hydrogen-bond donors (Lipinski definition) is 0. The van der Waals surface area contributed by atoms with Gasteiger partial charge in [0.2, 0.25) is 0 Å². The summed E-state index contributed by atoms with van der Waals surface area (Å²) in [7, 11) is 0. The van der Waals surface area contributed by atoms with E-state index in [-0.39, 0.29) is 0 Å². The molecule has 136 valence electrons. The van der Waals surface area contributed by atoms with Crippen molar-refractivity contribution in [1.29, 1.82) is 0 Å². The second-order valence-corrected chi connectivity index (χ2v) is 8.67. The zero-order valence-corrected chi connectivity index (χ0v) is 17.6. The lowest BCUT2D eigenvalue weighted by molar-refractivity contribution is 0.631. The lowest BCUT2D eigenvalue weighted by Gasteiger charge is -2.21. The van der Waals surface area contributed by atoms with E-state index in [1.54, 1.807) is 0 Å². The highest BCUT2D eigenvalue weighted by Gasteiger charge is 2.17. The summed E-state index contributed by atoms with van der Waals surface area (Å²) < 4.78 is 3.44. The predicted octanol–water partition coefficient (Wildman–Crippen LogP) is 6.70. The Morgan fingerprint density at radius 1 is 0.923 bits per heavy atom. The second-order valence-electron chi connectivity index (χ2n) is 7.76. The molecule has 0 amide bonds. The first-order valence-corrected chi connectivity index (χ1v) is 10.2. The number of nitrogens with zero attached hydrogens (tertiary/aromatic N) is 2. The van der Waals surface area contributed by atoms with E-state index >= 15 is 0 Å². The molecule has 0 saturated carbocycles. The van der Waals surface area contributed by atoms with Crippen molar-refractivity contribution < 1.29 is 0 Å². The quantitative estimate of drug-likeness (QED) is 0.441. The van der Waals surface area contributed by atoms with Gasteiger partial charge in [-0.25, -0.2) is 4.98 Å². The van der Waals surface area contributed by atoms with Gasteiger partial charge in [0.1, 0.15) is 5.82 Å². The van der Waals surface area contributed by atoms with Crippen molar-refractivity contribution in [2.45, 2.75) is 40.5 Å². The minimum absolute atomic E-state index is 0.596. The van der Waals surface area contributed by atoms with Gasteiger partial charge in [-0.05, 0) is 47.9 Å². The third kappa shape index (κ3) is 4.27. The molecule has 0 saturated heterocycles. The number of benzene rings is 2. The molecule has 0 spiro atoms. The molecule has 2 nitrogen and oxygen atoms in total. The van der Waals surface area contributed by atoms with E-state index in [1.165, 1.54) is 16.8 Å². The molecule has 0 N–H and O–H groups in total. The number of aromatic nitrogens is 2. The Labute approximate surface area is 165 Å². The largest absolute Gasteiger partial charge is 0.299 e. The fraction of sp³-hybridized carbons (Fsp3) is 0.348. The lowest BCUT2D eigenvalue weighted by Crippen LogP contribution is -2.09. The summed E-state index contributed by atoms with van der Waals surface area (Å²) in [6.45, 7) is 9.11. The Hall–Kier alpha value is -1.87. The highest BCUT2D eigenvalue weighted by Crippen LogP contribution is 2.32. The maximum absolute atomic E-state index is 4.68. The summed E-state index contributed by atoms with van der Waals surface area (Å²) in [6.07, 6.45) is 6.10. The van der Waals surface area contributed by atoms with Gasteiger partial charge in [0.15, 0.2) is 0 Å². The van der Waals surface area contributed by atoms with Crippen LogP contribution < -0.4 is 0 Å². The maximum Gasteiger partial charge on any atom is 0.144 e. The SMILES string of the molecule is CC(C)Cc1cc(Br)cc(CC(C)C)c1-n1ccnc1-c1ccccc1. The number of rotatable bonds is 6. The van der Waals surface area contributed by atoms with Crippen molar-refractivity contribution in [3.05, 3.63) is 70.5 Å². The van der Waals surface area contributed by atoms with E-state index < -0.39 is 0 Å². The molecule has 0 atom stereocenters. The zero-order chi connectivity index (χ0) is 18.7. The third-order valence-electron chi connectivity index (χ3n) is 4.40. The molecule has 3 rings (SSSR count). The average molecular weight is 411 g/mol. The molecule has 0 aliphatic carbocycles. The van der Waals surface area contributed by atoms with Crippen LogP contribution in [0.15, 0.2) is 59.3 Å². The van der Waals surface area contributed by atoms with Crippen LogP contribution in [-0.4, -0.2) is 9.55 Å². The van der Waals surface area contributed by atoms with Gasteiger partial charge in [-0.1, -0.05) is 74.0 Å². The molecule has 0 bridgehead atoms. The van der Waals surface area contributed by atoms with Crippen LogP contribution in [0, 0.1) is 11.8 Å². The van der Waals surface area contributed by atoms with Gasteiger partial charge in [-0.2, -0.15) is 0 Å². The smallest absolute Gasteiger partial charge is 0.144 e. The molecule has 0 unspecified atom stereocenters. The van der Waals surface area contributed by atoms with E-state index in [9.17, 15) is 0 Å². The molecule has 0 aliphatic rings. The fourth-order valence-corrected chi connectivity index (χ4v) is 4.06. The van der Waals surface area contributed by atoms with Crippen LogP contribution in [0.4, 0.5) is 0 Å². The fourth-order valence-electron chi connectivity index (χ4n) is 3.50. The molecule has 2 aromatic carbocycles. The van der Waals surface area contributed by atoms with Crippen molar-refractivity contribution in [3.8, 4) is 17.1 Å². The molecular weight excluding hydrogens is 384 g/mol. The summed E-state index contributed by atoms with van der Waals surface area (Å²) in [5.41, 5.74) is 5.19. The van der Waals surface area contributed by atoms with Crippen LogP contribution in [0.5, 0.6) is 0 Å². The van der Waals surface area contributed by atoms with Gasteiger partial charge in [0.25, 0.3) is 0 Å². The number of imidazole rings is 1. The third-order valence-corrected chi connectivity index (χ3v) is 4.86. The first kappa shape index (κ1) is 18.9.